The molecule has 0 saturated carbocycles. The lowest BCUT2D eigenvalue weighted by atomic mass is 9.84. The first-order valence-corrected chi connectivity index (χ1v) is 7.94. The van der Waals surface area contributed by atoms with Crippen molar-refractivity contribution in [2.45, 2.75) is 59.4 Å². The molecule has 0 aromatic carbocycles. The Balaban J connectivity index is 2.46. The Hall–Kier alpha value is -0.610. The predicted octanol–water partition coefficient (Wildman–Crippen LogP) is 2.02. The third-order valence-electron chi connectivity index (χ3n) is 3.81. The molecule has 0 aromatic heterocycles. The fourth-order valence-corrected chi connectivity index (χ4v) is 3.16. The smallest absolute Gasteiger partial charge is 0.222 e. The van der Waals surface area contributed by atoms with Crippen molar-refractivity contribution in [3.8, 4) is 0 Å². The van der Waals surface area contributed by atoms with E-state index in [1.54, 1.807) is 0 Å². The number of hydrogen-bond acceptors (Lipinski definition) is 3. The van der Waals surface area contributed by atoms with Gasteiger partial charge in [0.05, 0.1) is 6.61 Å². The van der Waals surface area contributed by atoms with E-state index in [1.807, 2.05) is 4.90 Å². The zero-order valence-electron chi connectivity index (χ0n) is 13.6. The van der Waals surface area contributed by atoms with Gasteiger partial charge in [0.25, 0.3) is 0 Å². The normalized spacial score (nSPS) is 20.9. The van der Waals surface area contributed by atoms with Crippen LogP contribution in [0.3, 0.4) is 0 Å². The van der Waals surface area contributed by atoms with Gasteiger partial charge in [-0.25, -0.2) is 0 Å². The van der Waals surface area contributed by atoms with E-state index >= 15 is 0 Å². The van der Waals surface area contributed by atoms with Crippen LogP contribution in [0.25, 0.3) is 0 Å². The van der Waals surface area contributed by atoms with E-state index in [0.29, 0.717) is 24.9 Å². The lowest BCUT2D eigenvalue weighted by Gasteiger charge is -2.28. The third-order valence-corrected chi connectivity index (χ3v) is 3.81. The van der Waals surface area contributed by atoms with Crippen molar-refractivity contribution in [3.63, 3.8) is 0 Å². The van der Waals surface area contributed by atoms with Crippen LogP contribution >= 0.6 is 0 Å². The minimum absolute atomic E-state index is 0.0477. The van der Waals surface area contributed by atoms with Crippen LogP contribution in [0.2, 0.25) is 0 Å². The topological polar surface area (TPSA) is 52.6 Å². The Kier molecular flexibility index (Phi) is 6.96. The number of aliphatic hydroxyl groups excluding tert-OH is 1. The highest BCUT2D eigenvalue weighted by atomic mass is 16.3. The van der Waals surface area contributed by atoms with Crippen LogP contribution in [0.5, 0.6) is 0 Å². The highest BCUT2D eigenvalue weighted by molar-refractivity contribution is 5.76. The van der Waals surface area contributed by atoms with Gasteiger partial charge in [0.15, 0.2) is 0 Å². The number of nitrogens with one attached hydrogen (secondary N) is 1. The highest BCUT2D eigenvalue weighted by Crippen LogP contribution is 2.26. The number of nitrogens with zero attached hydrogens (tertiary/aromatic N) is 1. The minimum atomic E-state index is 0.0477. The summed E-state index contributed by atoms with van der Waals surface area (Å²) in [5.74, 6) is 0.574. The lowest BCUT2D eigenvalue weighted by molar-refractivity contribution is -0.133. The summed E-state index contributed by atoms with van der Waals surface area (Å²) in [5, 5.41) is 12.6. The van der Waals surface area contributed by atoms with Gasteiger partial charge in [0, 0.05) is 25.6 Å². The molecule has 0 aliphatic carbocycles. The summed E-state index contributed by atoms with van der Waals surface area (Å²) >= 11 is 0. The van der Waals surface area contributed by atoms with Crippen molar-refractivity contribution in [2.75, 3.05) is 26.2 Å². The van der Waals surface area contributed by atoms with Crippen molar-refractivity contribution in [3.05, 3.63) is 0 Å². The van der Waals surface area contributed by atoms with Crippen LogP contribution in [-0.4, -0.2) is 48.2 Å². The van der Waals surface area contributed by atoms with Gasteiger partial charge in [0.1, 0.15) is 0 Å². The van der Waals surface area contributed by atoms with Gasteiger partial charge >= 0.3 is 0 Å². The molecule has 0 bridgehead atoms. The van der Waals surface area contributed by atoms with Gasteiger partial charge < -0.3 is 15.3 Å². The fourth-order valence-electron chi connectivity index (χ4n) is 3.16. The molecule has 1 heterocycles. The zero-order chi connectivity index (χ0) is 15.2. The Bertz CT molecular complexity index is 293. The third kappa shape index (κ3) is 6.71. The van der Waals surface area contributed by atoms with Crippen molar-refractivity contribution in [1.82, 2.24) is 10.2 Å². The average molecular weight is 284 g/mol. The van der Waals surface area contributed by atoms with E-state index in [-0.39, 0.29) is 17.9 Å². The first-order valence-electron chi connectivity index (χ1n) is 7.94. The molecule has 20 heavy (non-hydrogen) atoms. The van der Waals surface area contributed by atoms with Crippen LogP contribution < -0.4 is 5.32 Å². The van der Waals surface area contributed by atoms with E-state index in [1.165, 1.54) is 6.42 Å². The lowest BCUT2D eigenvalue weighted by Crippen LogP contribution is -2.43. The second-order valence-corrected chi connectivity index (χ2v) is 7.43. The summed E-state index contributed by atoms with van der Waals surface area (Å²) in [7, 11) is 0. The molecular formula is C16H32N2O2. The van der Waals surface area contributed by atoms with Crippen LogP contribution in [0.15, 0.2) is 0 Å². The largest absolute Gasteiger partial charge is 0.395 e. The summed E-state index contributed by atoms with van der Waals surface area (Å²) in [6.07, 6.45) is 3.95. The molecule has 2 unspecified atom stereocenters. The van der Waals surface area contributed by atoms with Crippen LogP contribution in [0, 0.1) is 11.3 Å². The number of hydrogen-bond donors (Lipinski definition) is 2. The van der Waals surface area contributed by atoms with Gasteiger partial charge in [-0.1, -0.05) is 27.7 Å². The molecule has 1 aliphatic rings. The fraction of sp³-hybridized carbons (Fsp3) is 0.938. The van der Waals surface area contributed by atoms with Gasteiger partial charge in [-0.2, -0.15) is 0 Å². The quantitative estimate of drug-likeness (QED) is 0.752. The number of rotatable bonds is 7. The van der Waals surface area contributed by atoms with Gasteiger partial charge in [0.2, 0.25) is 5.91 Å². The maximum Gasteiger partial charge on any atom is 0.222 e. The maximum absolute atomic E-state index is 12.4. The van der Waals surface area contributed by atoms with Gasteiger partial charge in [-0.05, 0) is 37.1 Å². The summed E-state index contributed by atoms with van der Waals surface area (Å²) < 4.78 is 0. The summed E-state index contributed by atoms with van der Waals surface area (Å²) in [6, 6.07) is 0.406. The number of carbonyl (C=O) groups excluding carboxylic acids is 1. The molecule has 4 nitrogen and oxygen atoms in total. The predicted molar refractivity (Wildman–Crippen MR) is 82.5 cm³/mol. The number of amides is 1. The van der Waals surface area contributed by atoms with Gasteiger partial charge in [-0.15, -0.1) is 0 Å². The Morgan fingerprint density at radius 3 is 2.65 bits per heavy atom. The SMILES string of the molecule is CC(CC(=O)N(CCO)CC1CCCN1)CC(C)(C)C. The van der Waals surface area contributed by atoms with E-state index in [9.17, 15) is 4.79 Å². The van der Waals surface area contributed by atoms with Crippen LogP contribution in [-0.2, 0) is 4.79 Å². The van der Waals surface area contributed by atoms with Crippen molar-refractivity contribution in [1.29, 1.82) is 0 Å². The van der Waals surface area contributed by atoms with E-state index in [2.05, 4.69) is 33.0 Å². The molecule has 4 heteroatoms. The Morgan fingerprint density at radius 2 is 2.15 bits per heavy atom. The average Bonchev–Trinajstić information content (AvgIpc) is 2.78. The molecule has 1 saturated heterocycles. The number of aliphatic hydroxyl groups is 1. The van der Waals surface area contributed by atoms with E-state index < -0.39 is 0 Å². The molecule has 2 N–H and O–H groups in total. The molecule has 1 fully saturated rings. The molecule has 0 aromatic rings. The monoisotopic (exact) mass is 284 g/mol. The second-order valence-electron chi connectivity index (χ2n) is 7.43. The van der Waals surface area contributed by atoms with Crippen molar-refractivity contribution in [2.24, 2.45) is 11.3 Å². The summed E-state index contributed by atoms with van der Waals surface area (Å²) in [4.78, 5) is 14.2. The van der Waals surface area contributed by atoms with Gasteiger partial charge in [-0.3, -0.25) is 4.79 Å². The second kappa shape index (κ2) is 7.99. The van der Waals surface area contributed by atoms with Crippen LogP contribution in [0.1, 0.15) is 53.4 Å². The Morgan fingerprint density at radius 1 is 1.45 bits per heavy atom. The molecule has 0 radical (unpaired) electrons. The van der Waals surface area contributed by atoms with E-state index in [4.69, 9.17) is 5.11 Å². The number of carbonyl (C=O) groups is 1. The van der Waals surface area contributed by atoms with Crippen LogP contribution in [0.4, 0.5) is 0 Å². The van der Waals surface area contributed by atoms with Crippen molar-refractivity contribution < 1.29 is 9.90 Å². The molecule has 1 amide bonds. The molecule has 0 spiro atoms. The van der Waals surface area contributed by atoms with E-state index in [0.717, 1.165) is 25.9 Å². The molecule has 118 valence electrons. The molecule has 1 rings (SSSR count). The molecular weight excluding hydrogens is 252 g/mol. The first kappa shape index (κ1) is 17.4. The standard InChI is InChI=1S/C16H32N2O2/c1-13(11-16(2,3)4)10-15(20)18(8-9-19)12-14-6-5-7-17-14/h13-14,17,19H,5-12H2,1-4H3. The maximum atomic E-state index is 12.4. The summed E-state index contributed by atoms with van der Waals surface area (Å²) in [5.41, 5.74) is 0.258. The molecule has 2 atom stereocenters. The molecule has 1 aliphatic heterocycles. The minimum Gasteiger partial charge on any atom is -0.395 e. The summed E-state index contributed by atoms with van der Waals surface area (Å²) in [6.45, 7) is 11.1. The zero-order valence-corrected chi connectivity index (χ0v) is 13.6. The highest BCUT2D eigenvalue weighted by Gasteiger charge is 2.24. The van der Waals surface area contributed by atoms with Crippen molar-refractivity contribution >= 4 is 5.91 Å². The Labute approximate surface area is 123 Å². The first-order chi connectivity index (χ1) is 9.31.